The molecule has 1 atom stereocenters. The van der Waals surface area contributed by atoms with Gasteiger partial charge in [0.2, 0.25) is 0 Å². The fraction of sp³-hybridized carbons (Fsp3) is 0.0870. The largest absolute Gasteiger partial charge is 0.264 e. The Morgan fingerprint density at radius 3 is 1.96 bits per heavy atom. The Morgan fingerprint density at radius 1 is 0.800 bits per heavy atom. The fourth-order valence-electron chi connectivity index (χ4n) is 3.46. The molecule has 3 aromatic rings. The third kappa shape index (κ3) is 2.66. The van der Waals surface area contributed by atoms with E-state index >= 15 is 0 Å². The first-order chi connectivity index (χ1) is 12.3. The molecule has 0 bridgehead atoms. The van der Waals surface area contributed by atoms with Crippen LogP contribution in [-0.4, -0.2) is 12.3 Å². The van der Waals surface area contributed by atoms with E-state index in [1.165, 1.54) is 5.56 Å². The van der Waals surface area contributed by atoms with Crippen LogP contribution in [0, 0.1) is 0 Å². The zero-order chi connectivity index (χ0) is 17.1. The SMILES string of the molecule is C=CC1(c2ccccc2)CN(c2ccccc2)N=C1c1ccccc1. The summed E-state index contributed by atoms with van der Waals surface area (Å²) in [6.45, 7) is 4.93. The van der Waals surface area contributed by atoms with Crippen LogP contribution in [-0.2, 0) is 5.41 Å². The molecule has 0 amide bonds. The van der Waals surface area contributed by atoms with Gasteiger partial charge in [-0.05, 0) is 23.3 Å². The van der Waals surface area contributed by atoms with Crippen LogP contribution in [0.5, 0.6) is 0 Å². The molecule has 0 fully saturated rings. The molecular formula is C23H20N2. The molecule has 0 saturated heterocycles. The van der Waals surface area contributed by atoms with Crippen LogP contribution in [0.2, 0.25) is 0 Å². The van der Waals surface area contributed by atoms with Crippen molar-refractivity contribution in [2.45, 2.75) is 5.41 Å². The van der Waals surface area contributed by atoms with E-state index in [0.29, 0.717) is 0 Å². The molecule has 0 saturated carbocycles. The fourth-order valence-corrected chi connectivity index (χ4v) is 3.46. The van der Waals surface area contributed by atoms with Crippen molar-refractivity contribution in [3.05, 3.63) is 115 Å². The normalized spacial score (nSPS) is 19.5. The van der Waals surface area contributed by atoms with Gasteiger partial charge >= 0.3 is 0 Å². The number of nitrogens with zero attached hydrogens (tertiary/aromatic N) is 2. The average Bonchev–Trinajstić information content (AvgIpc) is 3.11. The van der Waals surface area contributed by atoms with Crippen molar-refractivity contribution in [3.8, 4) is 0 Å². The van der Waals surface area contributed by atoms with Gasteiger partial charge in [-0.1, -0.05) is 84.9 Å². The van der Waals surface area contributed by atoms with Crippen molar-refractivity contribution >= 4 is 11.4 Å². The summed E-state index contributed by atoms with van der Waals surface area (Å²) in [6.07, 6.45) is 2.04. The predicted octanol–water partition coefficient (Wildman–Crippen LogP) is 5.03. The zero-order valence-corrected chi connectivity index (χ0v) is 14.0. The molecular weight excluding hydrogens is 304 g/mol. The smallest absolute Gasteiger partial charge is 0.0844 e. The molecule has 0 spiro atoms. The van der Waals surface area contributed by atoms with Crippen molar-refractivity contribution < 1.29 is 0 Å². The molecule has 1 aliphatic rings. The Morgan fingerprint density at radius 2 is 1.36 bits per heavy atom. The van der Waals surface area contributed by atoms with E-state index in [1.54, 1.807) is 0 Å². The maximum Gasteiger partial charge on any atom is 0.0844 e. The van der Waals surface area contributed by atoms with Gasteiger partial charge in [0.1, 0.15) is 0 Å². The lowest BCUT2D eigenvalue weighted by molar-refractivity contribution is 0.728. The summed E-state index contributed by atoms with van der Waals surface area (Å²) in [5.41, 5.74) is 4.14. The summed E-state index contributed by atoms with van der Waals surface area (Å²) >= 11 is 0. The molecule has 1 unspecified atom stereocenters. The predicted molar refractivity (Wildman–Crippen MR) is 105 cm³/mol. The molecule has 1 aliphatic heterocycles. The summed E-state index contributed by atoms with van der Waals surface area (Å²) in [6, 6.07) is 31.2. The van der Waals surface area contributed by atoms with Crippen LogP contribution in [0.1, 0.15) is 11.1 Å². The van der Waals surface area contributed by atoms with Gasteiger partial charge in [-0.25, -0.2) is 0 Å². The van der Waals surface area contributed by atoms with Crippen LogP contribution in [0.3, 0.4) is 0 Å². The minimum absolute atomic E-state index is 0.335. The van der Waals surface area contributed by atoms with E-state index in [0.717, 1.165) is 23.5 Å². The van der Waals surface area contributed by atoms with Crippen LogP contribution < -0.4 is 5.01 Å². The Labute approximate surface area is 148 Å². The van der Waals surface area contributed by atoms with Gasteiger partial charge in [0, 0.05) is 0 Å². The van der Waals surface area contributed by atoms with Crippen molar-refractivity contribution in [2.24, 2.45) is 5.10 Å². The number of anilines is 1. The maximum absolute atomic E-state index is 5.01. The lowest BCUT2D eigenvalue weighted by Gasteiger charge is -2.28. The van der Waals surface area contributed by atoms with Crippen molar-refractivity contribution in [3.63, 3.8) is 0 Å². The van der Waals surface area contributed by atoms with E-state index in [4.69, 9.17) is 5.10 Å². The second-order valence-corrected chi connectivity index (χ2v) is 6.25. The molecule has 3 aromatic carbocycles. The van der Waals surface area contributed by atoms with E-state index in [-0.39, 0.29) is 5.41 Å². The minimum atomic E-state index is -0.335. The standard InChI is InChI=1S/C23H20N2/c1-2-23(20-14-8-4-9-15-20)18-25(21-16-10-5-11-17-21)24-22(23)19-12-6-3-7-13-19/h2-17H,1,18H2. The quantitative estimate of drug-likeness (QED) is 0.614. The van der Waals surface area contributed by atoms with Gasteiger partial charge in [0.05, 0.1) is 23.4 Å². The summed E-state index contributed by atoms with van der Waals surface area (Å²) < 4.78 is 0. The molecule has 1 heterocycles. The number of hydrogen-bond acceptors (Lipinski definition) is 2. The molecule has 122 valence electrons. The van der Waals surface area contributed by atoms with Crippen molar-refractivity contribution in [1.29, 1.82) is 0 Å². The lowest BCUT2D eigenvalue weighted by atomic mass is 9.74. The van der Waals surface area contributed by atoms with Gasteiger partial charge in [0.25, 0.3) is 0 Å². The molecule has 0 radical (unpaired) electrons. The van der Waals surface area contributed by atoms with Gasteiger partial charge < -0.3 is 0 Å². The van der Waals surface area contributed by atoms with Gasteiger partial charge in [-0.15, -0.1) is 6.58 Å². The Balaban J connectivity index is 1.88. The molecule has 0 N–H and O–H groups in total. The highest BCUT2D eigenvalue weighted by Gasteiger charge is 2.42. The van der Waals surface area contributed by atoms with Gasteiger partial charge in [-0.3, -0.25) is 5.01 Å². The number of hydrogen-bond donors (Lipinski definition) is 0. The van der Waals surface area contributed by atoms with E-state index in [1.807, 2.05) is 36.4 Å². The van der Waals surface area contributed by atoms with Gasteiger partial charge in [0.15, 0.2) is 0 Å². The Kier molecular flexibility index (Phi) is 3.95. The van der Waals surface area contributed by atoms with Crippen LogP contribution >= 0.6 is 0 Å². The number of benzene rings is 3. The summed E-state index contributed by atoms with van der Waals surface area (Å²) in [5, 5.41) is 7.09. The highest BCUT2D eigenvalue weighted by atomic mass is 15.5. The second kappa shape index (κ2) is 6.40. The van der Waals surface area contributed by atoms with Crippen LogP contribution in [0.25, 0.3) is 0 Å². The Hall–Kier alpha value is -3.13. The monoisotopic (exact) mass is 324 g/mol. The van der Waals surface area contributed by atoms with Gasteiger partial charge in [-0.2, -0.15) is 5.10 Å². The molecule has 2 heteroatoms. The second-order valence-electron chi connectivity index (χ2n) is 6.25. The highest BCUT2D eigenvalue weighted by Crippen LogP contribution is 2.38. The summed E-state index contributed by atoms with van der Waals surface area (Å²) in [7, 11) is 0. The first-order valence-electron chi connectivity index (χ1n) is 8.50. The summed E-state index contributed by atoms with van der Waals surface area (Å²) in [4.78, 5) is 0. The van der Waals surface area contributed by atoms with Crippen molar-refractivity contribution in [1.82, 2.24) is 0 Å². The molecule has 0 aromatic heterocycles. The van der Waals surface area contributed by atoms with Crippen LogP contribution in [0.4, 0.5) is 5.69 Å². The maximum atomic E-state index is 5.01. The lowest BCUT2D eigenvalue weighted by Crippen LogP contribution is -2.37. The molecule has 0 aliphatic carbocycles. The van der Waals surface area contributed by atoms with Crippen LogP contribution in [0.15, 0.2) is 109 Å². The number of para-hydroxylation sites is 1. The zero-order valence-electron chi connectivity index (χ0n) is 14.0. The third-order valence-electron chi connectivity index (χ3n) is 4.78. The van der Waals surface area contributed by atoms with E-state index in [2.05, 4.69) is 72.3 Å². The first-order valence-corrected chi connectivity index (χ1v) is 8.50. The van der Waals surface area contributed by atoms with Crippen molar-refractivity contribution in [2.75, 3.05) is 11.6 Å². The number of rotatable bonds is 4. The molecule has 2 nitrogen and oxygen atoms in total. The number of hydrazone groups is 1. The van der Waals surface area contributed by atoms with E-state index in [9.17, 15) is 0 Å². The minimum Gasteiger partial charge on any atom is -0.264 e. The van der Waals surface area contributed by atoms with E-state index < -0.39 is 0 Å². The molecule has 4 rings (SSSR count). The third-order valence-corrected chi connectivity index (χ3v) is 4.78. The topological polar surface area (TPSA) is 15.6 Å². The molecule has 25 heavy (non-hydrogen) atoms. The highest BCUT2D eigenvalue weighted by molar-refractivity contribution is 6.11. The summed E-state index contributed by atoms with van der Waals surface area (Å²) in [5.74, 6) is 0. The Bertz CT molecular complexity index is 885. The first kappa shape index (κ1) is 15.4. The average molecular weight is 324 g/mol.